The fraction of sp³-hybridized carbons (Fsp3) is 0.194. The van der Waals surface area contributed by atoms with Crippen molar-refractivity contribution in [1.29, 1.82) is 0 Å². The molecule has 0 saturated heterocycles. The van der Waals surface area contributed by atoms with Crippen LogP contribution < -0.4 is 307 Å². The third-order valence-corrected chi connectivity index (χ3v) is 7.59. The topological polar surface area (TPSA) is 239 Å². The van der Waals surface area contributed by atoms with E-state index in [2.05, 4.69) is 0 Å². The molecule has 0 saturated carbocycles. The predicted molar refractivity (Wildman–Crippen MR) is 171 cm³/mol. The van der Waals surface area contributed by atoms with Crippen LogP contribution in [0.3, 0.4) is 0 Å². The van der Waals surface area contributed by atoms with Gasteiger partial charge < -0.3 is 68.4 Å². The Morgan fingerprint density at radius 1 is 0.625 bits per heavy atom. The first-order chi connectivity index (χ1) is 24.3. The van der Waals surface area contributed by atoms with Gasteiger partial charge in [0.1, 0.15) is 36.1 Å². The molecule has 1 heterocycles. The maximum atomic E-state index is 12.2. The van der Waals surface area contributed by atoms with Crippen molar-refractivity contribution in [3.63, 3.8) is 0 Å². The van der Waals surface area contributed by atoms with E-state index in [1.165, 1.54) is 42.5 Å². The van der Waals surface area contributed by atoms with Crippen LogP contribution in [0.4, 0.5) is 11.4 Å². The Balaban J connectivity index is 0.00000605. The summed E-state index contributed by atoms with van der Waals surface area (Å²) in [6.07, 6.45) is 0. The van der Waals surface area contributed by atoms with Crippen LogP contribution in [0, 0.1) is 6.92 Å². The summed E-state index contributed by atoms with van der Waals surface area (Å²) in [6, 6.07) is 17.5. The first kappa shape index (κ1) is 57.4. The number of aryl methyl sites for hydroxylation is 1. The zero-order chi connectivity index (χ0) is 36.8. The SMILES string of the molecule is Cc1ccc(N(CC(=O)[O-])CC(=O)[O-])c(OCCOc2cc(-c3c4ccc(=O)cc-4oc4cc([O-])ccc34)ccc2N(CC(=O)[O-])CC(=O)[O-])c1.[K+].[K+].[K+].[K+].[K+]. The smallest absolute Gasteiger partial charge is 0.872 e. The molecule has 3 aromatic carbocycles. The predicted octanol–water partition coefficient (Wildman–Crippen LogP) is -17.0. The minimum absolute atomic E-state index is 0. The van der Waals surface area contributed by atoms with Crippen LogP contribution in [0.5, 0.6) is 17.2 Å². The summed E-state index contributed by atoms with van der Waals surface area (Å²) in [5.74, 6) is -6.27. The summed E-state index contributed by atoms with van der Waals surface area (Å²) in [4.78, 5) is 60.0. The van der Waals surface area contributed by atoms with E-state index in [4.69, 9.17) is 13.9 Å². The van der Waals surface area contributed by atoms with Crippen molar-refractivity contribution in [2.75, 3.05) is 49.2 Å². The van der Waals surface area contributed by atoms with E-state index in [1.807, 2.05) is 0 Å². The van der Waals surface area contributed by atoms with Crippen molar-refractivity contribution in [2.24, 2.45) is 0 Å². The second kappa shape index (κ2) is 27.5. The van der Waals surface area contributed by atoms with Crippen LogP contribution in [0.25, 0.3) is 33.4 Å². The van der Waals surface area contributed by atoms with Gasteiger partial charge in [-0.15, -0.1) is 5.75 Å². The number of anilines is 2. The average molecular weight is 891 g/mol. The number of aliphatic carboxylic acids is 4. The molecule has 15 nitrogen and oxygen atoms in total. The molecule has 0 N–H and O–H groups in total. The maximum Gasteiger partial charge on any atom is 1.00 e. The number of hydrogen-bond donors (Lipinski definition) is 0. The molecule has 3 aromatic rings. The number of carboxylic acids is 4. The Morgan fingerprint density at radius 3 is 1.64 bits per heavy atom. The van der Waals surface area contributed by atoms with Crippen molar-refractivity contribution < 1.29 is 316 Å². The Hall–Kier alpha value is 1.41. The number of rotatable bonds is 16. The van der Waals surface area contributed by atoms with Crippen molar-refractivity contribution in [1.82, 2.24) is 0 Å². The second-order valence-electron chi connectivity index (χ2n) is 11.3. The van der Waals surface area contributed by atoms with Gasteiger partial charge in [-0.25, -0.2) is 0 Å². The molecule has 0 atom stereocenters. The van der Waals surface area contributed by atoms with Gasteiger partial charge in [-0.05, 0) is 60.5 Å². The number of hydrogen-bond acceptors (Lipinski definition) is 15. The normalized spacial score (nSPS) is 9.95. The number of carboxylic acid groups (broad SMARTS) is 4. The van der Waals surface area contributed by atoms with Crippen LogP contribution in [0.1, 0.15) is 5.56 Å². The molecule has 5 rings (SSSR count). The summed E-state index contributed by atoms with van der Waals surface area (Å²) in [7, 11) is 0. The van der Waals surface area contributed by atoms with E-state index in [9.17, 15) is 49.5 Å². The van der Waals surface area contributed by atoms with Crippen molar-refractivity contribution in [3.8, 4) is 39.7 Å². The van der Waals surface area contributed by atoms with Crippen molar-refractivity contribution in [3.05, 3.63) is 88.6 Å². The summed E-state index contributed by atoms with van der Waals surface area (Å²) >= 11 is 0. The van der Waals surface area contributed by atoms with Gasteiger partial charge in [0.15, 0.2) is 5.43 Å². The number of ether oxygens (including phenoxy) is 2. The fourth-order valence-corrected chi connectivity index (χ4v) is 5.59. The summed E-state index contributed by atoms with van der Waals surface area (Å²) in [6.45, 7) is -1.93. The first-order valence-electron chi connectivity index (χ1n) is 15.3. The third kappa shape index (κ3) is 16.3. The molecule has 0 amide bonds. The average Bonchev–Trinajstić information content (AvgIpc) is 3.04. The fourth-order valence-electron chi connectivity index (χ4n) is 5.59. The molecular weight excluding hydrogens is 864 g/mol. The van der Waals surface area contributed by atoms with Gasteiger partial charge in [0.2, 0.25) is 0 Å². The van der Waals surface area contributed by atoms with Gasteiger partial charge in [0.05, 0.1) is 61.4 Å². The van der Waals surface area contributed by atoms with Gasteiger partial charge in [-0.1, -0.05) is 24.3 Å². The zero-order valence-corrected chi connectivity index (χ0v) is 47.5. The maximum absolute atomic E-state index is 12.2. The summed E-state index contributed by atoms with van der Waals surface area (Å²) in [5, 5.41) is 58.6. The molecule has 0 radical (unpaired) electrons. The number of nitrogens with zero attached hydrogens (tertiary/aromatic N) is 2. The molecule has 1 aliphatic carbocycles. The zero-order valence-electron chi connectivity index (χ0n) is 31.9. The van der Waals surface area contributed by atoms with E-state index < -0.39 is 50.1 Å². The standard InChI is InChI=1S/C36H32N2O13.5K/c1-20-2-8-26(37(16-32(41)42)17-33(43)44)30(12-20)49-10-11-50-31-13-21(3-9-27(31)38(18-34(45)46)19-35(47)48)36-24-6-4-22(39)14-28(24)51-29-15-23(40)5-7-25(29)36;;;;;/h2-9,12-15,39H,10-11,16-19H2,1H3,(H,41,42)(H,43,44)(H,45,46)(H,47,48);;;;;/q;5*+1/p-5. The van der Waals surface area contributed by atoms with Crippen LogP contribution in [0.15, 0.2) is 82.0 Å². The molecular formula is C36H27K5N2O13. The molecule has 2 aliphatic rings. The Bertz CT molecular complexity index is 2150. The van der Waals surface area contributed by atoms with E-state index in [1.54, 1.807) is 37.3 Å². The van der Waals surface area contributed by atoms with E-state index in [-0.39, 0.29) is 316 Å². The monoisotopic (exact) mass is 890 g/mol. The Kier molecular flexibility index (Phi) is 28.2. The molecule has 0 unspecified atom stereocenters. The minimum Gasteiger partial charge on any atom is -0.872 e. The summed E-state index contributed by atoms with van der Waals surface area (Å²) < 4.78 is 17.8. The second-order valence-corrected chi connectivity index (χ2v) is 11.3. The van der Waals surface area contributed by atoms with Gasteiger partial charge in [0, 0.05) is 22.6 Å². The van der Waals surface area contributed by atoms with E-state index in [0.29, 0.717) is 27.6 Å². The molecule has 20 heteroatoms. The molecule has 0 fully saturated rings. The van der Waals surface area contributed by atoms with E-state index >= 15 is 0 Å². The van der Waals surface area contributed by atoms with Gasteiger partial charge in [-0.3, -0.25) is 4.79 Å². The quantitative estimate of drug-likeness (QED) is 0.0508. The number of benzene rings is 4. The molecule has 0 aromatic heterocycles. The summed E-state index contributed by atoms with van der Waals surface area (Å²) in [5.41, 5.74) is 2.19. The molecule has 264 valence electrons. The minimum atomic E-state index is -1.58. The van der Waals surface area contributed by atoms with Gasteiger partial charge in [-0.2, -0.15) is 0 Å². The van der Waals surface area contributed by atoms with E-state index in [0.717, 1.165) is 9.80 Å². The number of carbonyl (C=O) groups is 4. The molecule has 0 bridgehead atoms. The Morgan fingerprint density at radius 2 is 1.12 bits per heavy atom. The van der Waals surface area contributed by atoms with Crippen molar-refractivity contribution in [2.45, 2.75) is 6.92 Å². The molecule has 1 aliphatic heterocycles. The number of fused-ring (bicyclic) bond motifs is 2. The van der Waals surface area contributed by atoms with Crippen molar-refractivity contribution >= 4 is 46.2 Å². The van der Waals surface area contributed by atoms with Crippen LogP contribution in [-0.2, 0) is 19.2 Å². The van der Waals surface area contributed by atoms with Crippen LogP contribution in [0.2, 0.25) is 0 Å². The number of carbonyl (C=O) groups excluding carboxylic acids is 4. The third-order valence-electron chi connectivity index (χ3n) is 7.59. The Labute approximate surface area is 533 Å². The first-order valence-corrected chi connectivity index (χ1v) is 15.3. The van der Waals surface area contributed by atoms with Crippen LogP contribution in [-0.4, -0.2) is 63.3 Å². The molecule has 0 spiro atoms. The molecule has 56 heavy (non-hydrogen) atoms. The van der Waals surface area contributed by atoms with Gasteiger partial charge >= 0.3 is 257 Å². The largest absolute Gasteiger partial charge is 1.00 e. The van der Waals surface area contributed by atoms with Gasteiger partial charge in [0.25, 0.3) is 0 Å². The van der Waals surface area contributed by atoms with Crippen LogP contribution >= 0.6 is 0 Å².